The van der Waals surface area contributed by atoms with Crippen molar-refractivity contribution in [1.82, 2.24) is 19.9 Å². The van der Waals surface area contributed by atoms with Gasteiger partial charge in [0.05, 0.1) is 13.7 Å². The van der Waals surface area contributed by atoms with Crippen LogP contribution in [0.3, 0.4) is 0 Å². The van der Waals surface area contributed by atoms with E-state index in [1.165, 1.54) is 0 Å². The van der Waals surface area contributed by atoms with Crippen LogP contribution in [-0.4, -0.2) is 27.0 Å². The van der Waals surface area contributed by atoms with Gasteiger partial charge in [-0.25, -0.2) is 9.77 Å². The molecule has 0 spiro atoms. The second-order valence-corrected chi connectivity index (χ2v) is 8.86. The molecule has 0 radical (unpaired) electrons. The summed E-state index contributed by atoms with van der Waals surface area (Å²) in [5, 5.41) is 8.21. The van der Waals surface area contributed by atoms with Crippen molar-refractivity contribution < 1.29 is 9.47 Å². The van der Waals surface area contributed by atoms with Crippen LogP contribution in [0, 0.1) is 4.77 Å². The number of benzene rings is 2. The highest BCUT2D eigenvalue weighted by molar-refractivity contribution is 9.10. The normalized spacial score (nSPS) is 10.8. The molecule has 0 amide bonds. The predicted molar refractivity (Wildman–Crippen MR) is 135 cm³/mol. The summed E-state index contributed by atoms with van der Waals surface area (Å²) in [4.78, 5) is 4.05. The molecular formula is C22H18BrCl2N5O2S. The van der Waals surface area contributed by atoms with E-state index in [-0.39, 0.29) is 6.61 Å². The van der Waals surface area contributed by atoms with Crippen LogP contribution in [0.2, 0.25) is 10.0 Å². The Hall–Kier alpha value is -2.59. The summed E-state index contributed by atoms with van der Waals surface area (Å²) in [6.45, 7) is 0.529. The summed E-state index contributed by atoms with van der Waals surface area (Å²) in [5.41, 5.74) is 5.69. The summed E-state index contributed by atoms with van der Waals surface area (Å²) in [6.07, 6.45) is 3.39. The quantitative estimate of drug-likeness (QED) is 0.240. The van der Waals surface area contributed by atoms with Crippen molar-refractivity contribution in [3.63, 3.8) is 0 Å². The van der Waals surface area contributed by atoms with Gasteiger partial charge >= 0.3 is 0 Å². The fourth-order valence-electron chi connectivity index (χ4n) is 3.18. The monoisotopic (exact) mass is 565 g/mol. The van der Waals surface area contributed by atoms with Gasteiger partial charge in [0, 0.05) is 43.6 Å². The highest BCUT2D eigenvalue weighted by atomic mass is 79.9. The predicted octanol–water partition coefficient (Wildman–Crippen LogP) is 6.40. The largest absolute Gasteiger partial charge is 0.493 e. The van der Waals surface area contributed by atoms with Crippen LogP contribution in [0.4, 0.5) is 0 Å². The molecule has 0 aliphatic heterocycles. The number of hydrogen-bond acceptors (Lipinski definition) is 6. The minimum atomic E-state index is 0.172. The number of aromatic nitrogens is 4. The van der Waals surface area contributed by atoms with Gasteiger partial charge in [0.25, 0.3) is 0 Å². The molecule has 2 N–H and O–H groups in total. The maximum atomic E-state index is 6.32. The van der Waals surface area contributed by atoms with Gasteiger partial charge in [-0.2, -0.15) is 5.10 Å². The molecule has 2 aromatic heterocycles. The molecule has 0 unspecified atom stereocenters. The van der Waals surface area contributed by atoms with Gasteiger partial charge < -0.3 is 14.9 Å². The van der Waals surface area contributed by atoms with Crippen LogP contribution >= 0.6 is 51.3 Å². The first-order valence-corrected chi connectivity index (χ1v) is 11.7. The van der Waals surface area contributed by atoms with Crippen molar-refractivity contribution in [3.05, 3.63) is 85.3 Å². The Morgan fingerprint density at radius 3 is 2.52 bits per heavy atom. The molecule has 4 rings (SSSR count). The molecule has 0 fully saturated rings. The number of pyridine rings is 1. The van der Waals surface area contributed by atoms with Gasteiger partial charge in [-0.15, -0.1) is 0 Å². The zero-order chi connectivity index (χ0) is 23.4. The van der Waals surface area contributed by atoms with Crippen LogP contribution in [0.15, 0.2) is 59.3 Å². The molecule has 0 saturated heterocycles. The smallest absolute Gasteiger partial charge is 0.214 e. The Kier molecular flexibility index (Phi) is 7.54. The summed E-state index contributed by atoms with van der Waals surface area (Å²) in [6, 6.07) is 12.8. The molecule has 2 heterocycles. The maximum absolute atomic E-state index is 6.32. The first kappa shape index (κ1) is 23.6. The first-order valence-electron chi connectivity index (χ1n) is 9.72. The van der Waals surface area contributed by atoms with Crippen molar-refractivity contribution >= 4 is 51.3 Å². The number of methoxy groups -OCH3 is 1. The lowest BCUT2D eigenvalue weighted by Gasteiger charge is -2.19. The van der Waals surface area contributed by atoms with Crippen molar-refractivity contribution in [2.24, 2.45) is 0 Å². The van der Waals surface area contributed by atoms with Crippen LogP contribution in [0.25, 0.3) is 11.4 Å². The van der Waals surface area contributed by atoms with E-state index in [0.29, 0.717) is 44.2 Å². The number of aromatic amines is 1. The highest BCUT2D eigenvalue weighted by Gasteiger charge is 2.17. The third-order valence-electron chi connectivity index (χ3n) is 4.83. The lowest BCUT2D eigenvalue weighted by atomic mass is 10.1. The van der Waals surface area contributed by atoms with Crippen molar-refractivity contribution in [3.8, 4) is 22.9 Å². The third-order valence-corrected chi connectivity index (χ3v) is 6.56. The van der Waals surface area contributed by atoms with Crippen LogP contribution in [-0.2, 0) is 13.2 Å². The van der Waals surface area contributed by atoms with E-state index in [2.05, 4.69) is 36.5 Å². The summed E-state index contributed by atoms with van der Waals surface area (Å²) >= 11 is 21.7. The van der Waals surface area contributed by atoms with Crippen LogP contribution in [0.5, 0.6) is 11.5 Å². The van der Waals surface area contributed by atoms with E-state index < -0.39 is 0 Å². The Bertz CT molecular complexity index is 1310. The van der Waals surface area contributed by atoms with E-state index >= 15 is 0 Å². The number of nitrogens with zero attached hydrogens (tertiary/aromatic N) is 3. The second kappa shape index (κ2) is 10.6. The van der Waals surface area contributed by atoms with Crippen molar-refractivity contribution in [1.29, 1.82) is 0 Å². The third kappa shape index (κ3) is 5.16. The molecule has 0 aliphatic carbocycles. The minimum absolute atomic E-state index is 0.172. The van der Waals surface area contributed by atoms with Gasteiger partial charge in [0.15, 0.2) is 17.3 Å². The van der Waals surface area contributed by atoms with E-state index in [1.807, 2.05) is 24.3 Å². The number of H-pyrrole nitrogens is 1. The fraction of sp³-hybridized carbons (Fsp3) is 0.136. The molecule has 0 aliphatic rings. The van der Waals surface area contributed by atoms with E-state index in [9.17, 15) is 0 Å². The van der Waals surface area contributed by atoms with E-state index in [0.717, 1.165) is 15.6 Å². The molecule has 170 valence electrons. The Morgan fingerprint density at radius 2 is 1.82 bits per heavy atom. The fourth-order valence-corrected chi connectivity index (χ4v) is 4.33. The average Bonchev–Trinajstić information content (AvgIpc) is 3.19. The molecule has 4 aromatic rings. The molecule has 2 aromatic carbocycles. The summed E-state index contributed by atoms with van der Waals surface area (Å²) < 4.78 is 14.7. The van der Waals surface area contributed by atoms with Crippen LogP contribution in [0.1, 0.15) is 11.1 Å². The number of nitrogens with one attached hydrogen (secondary N) is 2. The zero-order valence-corrected chi connectivity index (χ0v) is 21.2. The average molecular weight is 567 g/mol. The SMILES string of the molecule is COc1ccc(Br)c(CNn2c(-c3ccncc3)n[nH]c2=S)c1OCc1c(Cl)cccc1Cl. The lowest BCUT2D eigenvalue weighted by molar-refractivity contribution is 0.281. The summed E-state index contributed by atoms with van der Waals surface area (Å²) in [5.74, 6) is 1.76. The molecule has 0 bridgehead atoms. The number of rotatable bonds is 8. The standard InChI is InChI=1S/C22H18BrCl2N5O2S/c1-31-19-6-5-16(23)14(20(19)32-12-15-17(24)3-2-4-18(15)25)11-27-30-21(28-29-22(30)33)13-7-9-26-10-8-13/h2-10,27H,11-12H2,1H3,(H,29,33). The lowest BCUT2D eigenvalue weighted by Crippen LogP contribution is -2.17. The molecule has 11 heteroatoms. The van der Waals surface area contributed by atoms with E-state index in [4.69, 9.17) is 44.9 Å². The van der Waals surface area contributed by atoms with Gasteiger partial charge in [0.2, 0.25) is 4.77 Å². The minimum Gasteiger partial charge on any atom is -0.493 e. The van der Waals surface area contributed by atoms with Gasteiger partial charge in [-0.05, 0) is 48.6 Å². The zero-order valence-electron chi connectivity index (χ0n) is 17.3. The van der Waals surface area contributed by atoms with E-state index in [1.54, 1.807) is 42.4 Å². The number of ether oxygens (including phenoxy) is 2. The second-order valence-electron chi connectivity index (χ2n) is 6.80. The summed E-state index contributed by atoms with van der Waals surface area (Å²) in [7, 11) is 1.59. The van der Waals surface area contributed by atoms with Crippen molar-refractivity contribution in [2.45, 2.75) is 13.2 Å². The Labute approximate surface area is 213 Å². The highest BCUT2D eigenvalue weighted by Crippen LogP contribution is 2.38. The molecule has 0 atom stereocenters. The number of halogens is 3. The Morgan fingerprint density at radius 1 is 1.09 bits per heavy atom. The van der Waals surface area contributed by atoms with Crippen molar-refractivity contribution in [2.75, 3.05) is 12.5 Å². The molecule has 0 saturated carbocycles. The topological polar surface area (TPSA) is 77.0 Å². The van der Waals surface area contributed by atoms with Crippen LogP contribution < -0.4 is 14.9 Å². The molecular weight excluding hydrogens is 549 g/mol. The molecule has 7 nitrogen and oxygen atoms in total. The Balaban J connectivity index is 1.64. The maximum Gasteiger partial charge on any atom is 0.214 e. The van der Waals surface area contributed by atoms with Gasteiger partial charge in [-0.1, -0.05) is 45.2 Å². The van der Waals surface area contributed by atoms with Gasteiger partial charge in [0.1, 0.15) is 6.61 Å². The molecule has 33 heavy (non-hydrogen) atoms. The van der Waals surface area contributed by atoms with Gasteiger partial charge in [-0.3, -0.25) is 4.98 Å². The first-order chi connectivity index (χ1) is 16.0. The number of hydrogen-bond donors (Lipinski definition) is 2.